The van der Waals surface area contributed by atoms with Crippen LogP contribution in [0.2, 0.25) is 0 Å². The summed E-state index contributed by atoms with van der Waals surface area (Å²) >= 11 is 0. The van der Waals surface area contributed by atoms with E-state index in [9.17, 15) is 0 Å². The highest BCUT2D eigenvalue weighted by Crippen LogP contribution is 2.24. The van der Waals surface area contributed by atoms with Gasteiger partial charge in [-0.1, -0.05) is 52.0 Å². The van der Waals surface area contributed by atoms with Crippen LogP contribution < -0.4 is 5.32 Å². The van der Waals surface area contributed by atoms with Gasteiger partial charge in [-0.2, -0.15) is 0 Å². The van der Waals surface area contributed by atoms with Crippen molar-refractivity contribution in [1.82, 2.24) is 10.2 Å². The molecular formula is C18H32N2O. The van der Waals surface area contributed by atoms with Gasteiger partial charge in [-0.15, -0.1) is 0 Å². The molecule has 120 valence electrons. The van der Waals surface area contributed by atoms with Gasteiger partial charge in [0.25, 0.3) is 0 Å². The first-order valence-electron chi connectivity index (χ1n) is 7.91. The summed E-state index contributed by atoms with van der Waals surface area (Å²) in [6, 6.07) is 9.38. The second-order valence-electron chi connectivity index (χ2n) is 6.60. The number of hydrogen-bond acceptors (Lipinski definition) is 3. The largest absolute Gasteiger partial charge is 0.383 e. The molecule has 3 nitrogen and oxygen atoms in total. The number of hydrogen-bond donors (Lipinski definition) is 1. The minimum absolute atomic E-state index is 0.210. The Hall–Kier alpha value is -0.900. The zero-order valence-electron chi connectivity index (χ0n) is 14.6. The Morgan fingerprint density at radius 2 is 1.81 bits per heavy atom. The van der Waals surface area contributed by atoms with Crippen molar-refractivity contribution in [1.29, 1.82) is 0 Å². The smallest absolute Gasteiger partial charge is 0.0589 e. The molecule has 0 aliphatic carbocycles. The highest BCUT2D eigenvalue weighted by molar-refractivity contribution is 5.29. The third-order valence-electron chi connectivity index (χ3n) is 4.03. The second kappa shape index (κ2) is 8.52. The molecule has 1 aromatic rings. The van der Waals surface area contributed by atoms with Crippen molar-refractivity contribution in [2.75, 3.05) is 40.4 Å². The lowest BCUT2D eigenvalue weighted by Gasteiger charge is -2.27. The molecular weight excluding hydrogens is 260 g/mol. The summed E-state index contributed by atoms with van der Waals surface area (Å²) in [5.41, 5.74) is 2.94. The van der Waals surface area contributed by atoms with E-state index in [1.165, 1.54) is 11.1 Å². The van der Waals surface area contributed by atoms with Crippen LogP contribution >= 0.6 is 0 Å². The molecule has 0 saturated heterocycles. The Kier molecular flexibility index (Phi) is 7.36. The fourth-order valence-corrected chi connectivity index (χ4v) is 2.44. The van der Waals surface area contributed by atoms with E-state index in [4.69, 9.17) is 4.74 Å². The normalized spacial score (nSPS) is 13.7. The van der Waals surface area contributed by atoms with Gasteiger partial charge in [0.15, 0.2) is 0 Å². The molecule has 1 rings (SSSR count). The van der Waals surface area contributed by atoms with Crippen molar-refractivity contribution in [3.8, 4) is 0 Å². The Morgan fingerprint density at radius 1 is 1.19 bits per heavy atom. The minimum atomic E-state index is 0.210. The summed E-state index contributed by atoms with van der Waals surface area (Å²) in [5.74, 6) is 0. The van der Waals surface area contributed by atoms with Crippen molar-refractivity contribution < 1.29 is 4.74 Å². The lowest BCUT2D eigenvalue weighted by Crippen LogP contribution is -2.35. The number of rotatable bonds is 8. The quantitative estimate of drug-likeness (QED) is 0.796. The molecule has 21 heavy (non-hydrogen) atoms. The first kappa shape index (κ1) is 18.1. The summed E-state index contributed by atoms with van der Waals surface area (Å²) in [5, 5.41) is 3.44. The van der Waals surface area contributed by atoms with Crippen LogP contribution in [0.4, 0.5) is 0 Å². The molecule has 0 heterocycles. The predicted octanol–water partition coefficient (Wildman–Crippen LogP) is 3.21. The number of likely N-dealkylation sites (N-methyl/N-ethyl adjacent to an activating group) is 2. The first-order chi connectivity index (χ1) is 9.92. The van der Waals surface area contributed by atoms with Gasteiger partial charge in [0, 0.05) is 26.2 Å². The maximum atomic E-state index is 5.19. The molecule has 1 aromatic carbocycles. The highest BCUT2D eigenvalue weighted by atomic mass is 16.5. The van der Waals surface area contributed by atoms with E-state index in [1.807, 2.05) is 7.05 Å². The first-order valence-corrected chi connectivity index (χ1v) is 7.91. The zero-order chi connectivity index (χ0) is 15.9. The fourth-order valence-electron chi connectivity index (χ4n) is 2.44. The van der Waals surface area contributed by atoms with Gasteiger partial charge in [-0.05, 0) is 30.1 Å². The summed E-state index contributed by atoms with van der Waals surface area (Å²) in [7, 11) is 3.79. The van der Waals surface area contributed by atoms with Crippen LogP contribution in [-0.2, 0) is 10.2 Å². The van der Waals surface area contributed by atoms with E-state index in [-0.39, 0.29) is 5.41 Å². The van der Waals surface area contributed by atoms with Gasteiger partial charge in [-0.25, -0.2) is 0 Å². The average Bonchev–Trinajstić information content (AvgIpc) is 2.47. The van der Waals surface area contributed by atoms with Crippen LogP contribution in [0.5, 0.6) is 0 Å². The standard InChI is InChI=1S/C18H32N2O/c1-7-20(12-13-21-6)14-17(19-5)15-8-10-16(11-9-15)18(2,3)4/h8-11,17,19H,7,12-14H2,1-6H3. The van der Waals surface area contributed by atoms with Gasteiger partial charge < -0.3 is 10.1 Å². The van der Waals surface area contributed by atoms with Gasteiger partial charge >= 0.3 is 0 Å². The second-order valence-corrected chi connectivity index (χ2v) is 6.60. The SMILES string of the molecule is CCN(CCOC)CC(NC)c1ccc(C(C)(C)C)cc1. The molecule has 1 unspecified atom stereocenters. The van der Waals surface area contributed by atoms with E-state index in [1.54, 1.807) is 7.11 Å². The van der Waals surface area contributed by atoms with Gasteiger partial charge in [0.2, 0.25) is 0 Å². The molecule has 0 fully saturated rings. The Bertz CT molecular complexity index is 395. The van der Waals surface area contributed by atoms with Crippen LogP contribution in [0.15, 0.2) is 24.3 Å². The monoisotopic (exact) mass is 292 g/mol. The van der Waals surface area contributed by atoms with E-state index < -0.39 is 0 Å². The Balaban J connectivity index is 2.75. The molecule has 1 N–H and O–H groups in total. The molecule has 0 radical (unpaired) electrons. The summed E-state index contributed by atoms with van der Waals surface area (Å²) in [6.07, 6.45) is 0. The molecule has 0 bridgehead atoms. The van der Waals surface area contributed by atoms with E-state index >= 15 is 0 Å². The Morgan fingerprint density at radius 3 is 2.24 bits per heavy atom. The van der Waals surface area contributed by atoms with Crippen molar-refractivity contribution in [3.05, 3.63) is 35.4 Å². The zero-order valence-corrected chi connectivity index (χ0v) is 14.6. The summed E-state index contributed by atoms with van der Waals surface area (Å²) in [6.45, 7) is 12.8. The molecule has 3 heteroatoms. The summed E-state index contributed by atoms with van der Waals surface area (Å²) in [4.78, 5) is 2.42. The van der Waals surface area contributed by atoms with Gasteiger partial charge in [0.1, 0.15) is 0 Å². The Labute approximate surface area is 130 Å². The van der Waals surface area contributed by atoms with Crippen LogP contribution in [0, 0.1) is 0 Å². The highest BCUT2D eigenvalue weighted by Gasteiger charge is 2.16. The third kappa shape index (κ3) is 5.77. The van der Waals surface area contributed by atoms with Crippen molar-refractivity contribution in [2.24, 2.45) is 0 Å². The number of nitrogens with one attached hydrogen (secondary N) is 1. The molecule has 1 atom stereocenters. The van der Waals surface area contributed by atoms with Crippen molar-refractivity contribution in [3.63, 3.8) is 0 Å². The number of ether oxygens (including phenoxy) is 1. The predicted molar refractivity (Wildman–Crippen MR) is 90.9 cm³/mol. The van der Waals surface area contributed by atoms with Crippen LogP contribution in [0.3, 0.4) is 0 Å². The molecule has 0 spiro atoms. The average molecular weight is 292 g/mol. The number of methoxy groups -OCH3 is 1. The van der Waals surface area contributed by atoms with E-state index in [2.05, 4.69) is 62.2 Å². The lowest BCUT2D eigenvalue weighted by molar-refractivity contribution is 0.144. The minimum Gasteiger partial charge on any atom is -0.383 e. The molecule has 0 amide bonds. The molecule has 0 saturated carbocycles. The molecule has 0 aliphatic rings. The molecule has 0 aliphatic heterocycles. The maximum absolute atomic E-state index is 5.19. The van der Waals surface area contributed by atoms with Gasteiger partial charge in [0.05, 0.1) is 6.61 Å². The van der Waals surface area contributed by atoms with Crippen LogP contribution in [-0.4, -0.2) is 45.3 Å². The van der Waals surface area contributed by atoms with E-state index in [0.29, 0.717) is 6.04 Å². The topological polar surface area (TPSA) is 24.5 Å². The van der Waals surface area contributed by atoms with Crippen LogP contribution in [0.1, 0.15) is 44.9 Å². The molecule has 0 aromatic heterocycles. The maximum Gasteiger partial charge on any atom is 0.0589 e. The third-order valence-corrected chi connectivity index (χ3v) is 4.03. The van der Waals surface area contributed by atoms with Crippen molar-refractivity contribution in [2.45, 2.75) is 39.2 Å². The number of benzene rings is 1. The van der Waals surface area contributed by atoms with Crippen LogP contribution in [0.25, 0.3) is 0 Å². The fraction of sp³-hybridized carbons (Fsp3) is 0.667. The number of nitrogens with zero attached hydrogens (tertiary/aromatic N) is 1. The lowest BCUT2D eigenvalue weighted by atomic mass is 9.86. The summed E-state index contributed by atoms with van der Waals surface area (Å²) < 4.78 is 5.19. The van der Waals surface area contributed by atoms with Crippen molar-refractivity contribution >= 4 is 0 Å². The van der Waals surface area contributed by atoms with Gasteiger partial charge in [-0.3, -0.25) is 4.90 Å². The van der Waals surface area contributed by atoms with E-state index in [0.717, 1.165) is 26.2 Å².